The van der Waals surface area contributed by atoms with Crippen LogP contribution in [0, 0.1) is 0 Å². The third-order valence-corrected chi connectivity index (χ3v) is 3.39. The summed E-state index contributed by atoms with van der Waals surface area (Å²) < 4.78 is 1.03. The van der Waals surface area contributed by atoms with Gasteiger partial charge in [-0.1, -0.05) is 37.5 Å². The highest BCUT2D eigenvalue weighted by Crippen LogP contribution is 2.34. The molecule has 1 rings (SSSR count). The molecule has 1 nitrogen and oxygen atoms in total. The van der Waals surface area contributed by atoms with Gasteiger partial charge in [-0.3, -0.25) is 0 Å². The minimum atomic E-state index is 0.832. The van der Waals surface area contributed by atoms with E-state index in [1.807, 2.05) is 24.5 Å². The first kappa shape index (κ1) is 9.29. The lowest BCUT2D eigenvalue weighted by atomic mass is 10.3. The molecule has 0 aliphatic rings. The third-order valence-electron chi connectivity index (χ3n) is 1.14. The van der Waals surface area contributed by atoms with Crippen molar-refractivity contribution in [3.05, 3.63) is 22.7 Å². The molecule has 0 radical (unpaired) electrons. The van der Waals surface area contributed by atoms with E-state index in [1.54, 1.807) is 21.6 Å². The smallest absolute Gasteiger partial charge is 0.0472 e. The van der Waals surface area contributed by atoms with Gasteiger partial charge in [0.05, 0.1) is 0 Å². The van der Waals surface area contributed by atoms with Crippen molar-refractivity contribution in [2.75, 3.05) is 12.0 Å². The summed E-state index contributed by atoms with van der Waals surface area (Å²) in [6.45, 7) is 0. The Morgan fingerprint density at radius 1 is 1.45 bits per heavy atom. The number of rotatable bonds is 2. The van der Waals surface area contributed by atoms with Crippen molar-refractivity contribution >= 4 is 43.2 Å². The Morgan fingerprint density at radius 3 is 2.73 bits per heavy atom. The summed E-state index contributed by atoms with van der Waals surface area (Å²) in [6, 6.07) is 5.92. The molecule has 11 heavy (non-hydrogen) atoms. The van der Waals surface area contributed by atoms with Gasteiger partial charge in [0, 0.05) is 15.1 Å². The minimum absolute atomic E-state index is 0.832. The Bertz CT molecular complexity index is 252. The zero-order valence-corrected chi connectivity index (χ0v) is 9.22. The molecule has 0 amide bonds. The zero-order valence-electron chi connectivity index (χ0n) is 6.00. The molecule has 0 bridgehead atoms. The van der Waals surface area contributed by atoms with Gasteiger partial charge in [0.1, 0.15) is 0 Å². The maximum atomic E-state index is 5.74. The molecule has 0 aliphatic carbocycles. The molecule has 0 aromatic heterocycles. The van der Waals surface area contributed by atoms with Gasteiger partial charge in [-0.25, -0.2) is 0 Å². The van der Waals surface area contributed by atoms with Gasteiger partial charge in [0.15, 0.2) is 0 Å². The molecule has 1 aromatic rings. The van der Waals surface area contributed by atoms with Crippen LogP contribution >= 0.6 is 37.5 Å². The summed E-state index contributed by atoms with van der Waals surface area (Å²) in [5.41, 5.74) is 6.58. The highest BCUT2D eigenvalue weighted by Gasteiger charge is 1.98. The average molecular weight is 250 g/mol. The van der Waals surface area contributed by atoms with Crippen LogP contribution in [0.2, 0.25) is 0 Å². The van der Waals surface area contributed by atoms with Gasteiger partial charge < -0.3 is 5.73 Å². The van der Waals surface area contributed by atoms with Crippen LogP contribution in [0.3, 0.4) is 0 Å². The van der Waals surface area contributed by atoms with E-state index in [1.165, 1.54) is 0 Å². The second-order valence-corrected chi connectivity index (χ2v) is 5.29. The van der Waals surface area contributed by atoms with Crippen LogP contribution in [0.5, 0.6) is 0 Å². The first-order valence-corrected chi connectivity index (χ1v) is 6.35. The van der Waals surface area contributed by atoms with Gasteiger partial charge in [-0.05, 0) is 24.5 Å². The number of nitrogen functional groups attached to an aromatic ring is 1. The van der Waals surface area contributed by atoms with Crippen LogP contribution in [-0.2, 0) is 0 Å². The van der Waals surface area contributed by atoms with Crippen molar-refractivity contribution in [2.24, 2.45) is 0 Å². The van der Waals surface area contributed by atoms with Crippen LogP contribution < -0.4 is 5.73 Å². The maximum absolute atomic E-state index is 5.74. The molecule has 4 heteroatoms. The number of halogens is 1. The van der Waals surface area contributed by atoms with Gasteiger partial charge >= 0.3 is 0 Å². The summed E-state index contributed by atoms with van der Waals surface area (Å²) in [5.74, 6) is 0. The Hall–Kier alpha value is 0.200. The Labute approximate surface area is 82.6 Å². The van der Waals surface area contributed by atoms with E-state index in [0.717, 1.165) is 15.1 Å². The summed E-state index contributed by atoms with van der Waals surface area (Å²) in [6.07, 6.45) is 2.03. The third kappa shape index (κ3) is 2.61. The molecular weight excluding hydrogens is 242 g/mol. The molecule has 1 aromatic carbocycles. The second-order valence-electron chi connectivity index (χ2n) is 1.93. The summed E-state index contributed by atoms with van der Waals surface area (Å²) in [4.78, 5) is 1.13. The Morgan fingerprint density at radius 2 is 2.18 bits per heavy atom. The van der Waals surface area contributed by atoms with Gasteiger partial charge in [-0.15, -0.1) is 0 Å². The largest absolute Gasteiger partial charge is 0.398 e. The second kappa shape index (κ2) is 4.28. The summed E-state index contributed by atoms with van der Waals surface area (Å²) in [7, 11) is 3.38. The maximum Gasteiger partial charge on any atom is 0.0472 e. The van der Waals surface area contributed by atoms with Gasteiger partial charge in [-0.2, -0.15) is 0 Å². The summed E-state index contributed by atoms with van der Waals surface area (Å²) >= 11 is 3.35. The first-order valence-electron chi connectivity index (χ1n) is 2.99. The van der Waals surface area contributed by atoms with E-state index in [0.29, 0.717) is 0 Å². The van der Waals surface area contributed by atoms with E-state index < -0.39 is 0 Å². The van der Waals surface area contributed by atoms with Crippen molar-refractivity contribution in [2.45, 2.75) is 4.90 Å². The fraction of sp³-hybridized carbons (Fsp3) is 0.143. The first-order chi connectivity index (χ1) is 5.24. The predicted octanol–water partition coefficient (Wildman–Crippen LogP) is 3.40. The van der Waals surface area contributed by atoms with Gasteiger partial charge in [0.2, 0.25) is 0 Å². The lowest BCUT2D eigenvalue weighted by Gasteiger charge is -2.01. The molecule has 0 spiro atoms. The van der Waals surface area contributed by atoms with Gasteiger partial charge in [0.25, 0.3) is 0 Å². The Kier molecular flexibility index (Phi) is 3.62. The molecule has 0 saturated carbocycles. The highest BCUT2D eigenvalue weighted by atomic mass is 79.9. The highest BCUT2D eigenvalue weighted by molar-refractivity contribution is 9.10. The van der Waals surface area contributed by atoms with Crippen LogP contribution in [0.1, 0.15) is 0 Å². The van der Waals surface area contributed by atoms with Crippen LogP contribution in [0.15, 0.2) is 27.6 Å². The van der Waals surface area contributed by atoms with Crippen molar-refractivity contribution in [3.8, 4) is 0 Å². The predicted molar refractivity (Wildman–Crippen MR) is 57.9 cm³/mol. The lowest BCUT2D eigenvalue weighted by Crippen LogP contribution is -1.86. The molecule has 60 valence electrons. The molecule has 0 fully saturated rings. The average Bonchev–Trinajstić information content (AvgIpc) is 1.95. The fourth-order valence-electron chi connectivity index (χ4n) is 0.685. The van der Waals surface area contributed by atoms with Crippen LogP contribution in [-0.4, -0.2) is 6.26 Å². The van der Waals surface area contributed by atoms with E-state index in [2.05, 4.69) is 15.9 Å². The zero-order chi connectivity index (χ0) is 8.27. The van der Waals surface area contributed by atoms with E-state index in [4.69, 9.17) is 5.73 Å². The molecule has 0 saturated heterocycles. The molecule has 0 atom stereocenters. The standard InChI is InChI=1S/C7H8BrNS2/c1-10-11-7-3-2-5(8)4-6(7)9/h2-4H,9H2,1H3. The van der Waals surface area contributed by atoms with E-state index in [9.17, 15) is 0 Å². The Balaban J connectivity index is 2.90. The molecule has 0 unspecified atom stereocenters. The number of anilines is 1. The lowest BCUT2D eigenvalue weighted by molar-refractivity contribution is 1.45. The molecular formula is C7H8BrNS2. The molecule has 0 heterocycles. The SMILES string of the molecule is CSSc1ccc(Br)cc1N. The number of benzene rings is 1. The van der Waals surface area contributed by atoms with E-state index in [-0.39, 0.29) is 0 Å². The number of hydrogen-bond acceptors (Lipinski definition) is 3. The normalized spacial score (nSPS) is 10.0. The molecule has 0 aliphatic heterocycles. The fourth-order valence-corrected chi connectivity index (χ4v) is 2.52. The monoisotopic (exact) mass is 249 g/mol. The molecule has 2 N–H and O–H groups in total. The van der Waals surface area contributed by atoms with Crippen LogP contribution in [0.25, 0.3) is 0 Å². The summed E-state index contributed by atoms with van der Waals surface area (Å²) in [5, 5.41) is 0. The van der Waals surface area contributed by atoms with Crippen LogP contribution in [0.4, 0.5) is 5.69 Å². The van der Waals surface area contributed by atoms with Crippen molar-refractivity contribution < 1.29 is 0 Å². The quantitative estimate of drug-likeness (QED) is 0.643. The number of hydrogen-bond donors (Lipinski definition) is 1. The topological polar surface area (TPSA) is 26.0 Å². The van der Waals surface area contributed by atoms with Crippen molar-refractivity contribution in [1.82, 2.24) is 0 Å². The van der Waals surface area contributed by atoms with Crippen molar-refractivity contribution in [3.63, 3.8) is 0 Å². The number of nitrogens with two attached hydrogens (primary N) is 1. The van der Waals surface area contributed by atoms with Crippen molar-refractivity contribution in [1.29, 1.82) is 0 Å². The minimum Gasteiger partial charge on any atom is -0.398 e. The van der Waals surface area contributed by atoms with E-state index >= 15 is 0 Å².